The number of pyridine rings is 1. The summed E-state index contributed by atoms with van der Waals surface area (Å²) < 4.78 is 1.37. The predicted octanol–water partition coefficient (Wildman–Crippen LogP) is 0.670. The molecular formula is C18H22N4O4. The van der Waals surface area contributed by atoms with Crippen molar-refractivity contribution in [3.63, 3.8) is 0 Å². The van der Waals surface area contributed by atoms with Crippen molar-refractivity contribution < 1.29 is 14.7 Å². The van der Waals surface area contributed by atoms with Gasteiger partial charge in [0, 0.05) is 24.5 Å². The normalized spacial score (nSPS) is 19.3. The molecule has 1 saturated carbocycles. The second-order valence-corrected chi connectivity index (χ2v) is 6.66. The number of aromatic nitrogens is 2. The molecule has 0 spiro atoms. The van der Waals surface area contributed by atoms with Gasteiger partial charge in [0.1, 0.15) is 11.2 Å². The molecule has 1 aliphatic carbocycles. The first-order chi connectivity index (χ1) is 12.4. The number of nitrogens with one attached hydrogen (secondary N) is 1. The Morgan fingerprint density at radius 1 is 1.38 bits per heavy atom. The van der Waals surface area contributed by atoms with Crippen LogP contribution in [0.5, 0.6) is 0 Å². The molecule has 1 amide bonds. The smallest absolute Gasteiger partial charge is 0.317 e. The molecule has 8 heteroatoms. The van der Waals surface area contributed by atoms with Crippen LogP contribution in [0.3, 0.4) is 0 Å². The lowest BCUT2D eigenvalue weighted by Crippen LogP contribution is -2.55. The molecule has 0 radical (unpaired) electrons. The van der Waals surface area contributed by atoms with Crippen molar-refractivity contribution in [3.05, 3.63) is 46.0 Å². The van der Waals surface area contributed by atoms with E-state index in [-0.39, 0.29) is 24.2 Å². The van der Waals surface area contributed by atoms with Crippen molar-refractivity contribution in [1.82, 2.24) is 19.6 Å². The Kier molecular flexibility index (Phi) is 5.03. The largest absolute Gasteiger partial charge is 0.480 e. The van der Waals surface area contributed by atoms with E-state index < -0.39 is 17.4 Å². The highest BCUT2D eigenvalue weighted by molar-refractivity contribution is 5.94. The number of aliphatic carboxylic acids is 1. The van der Waals surface area contributed by atoms with Crippen LogP contribution in [0.15, 0.2) is 29.3 Å². The Balaban J connectivity index is 1.67. The third-order valence-corrected chi connectivity index (χ3v) is 4.80. The molecule has 0 atom stereocenters. The quantitative estimate of drug-likeness (QED) is 0.787. The van der Waals surface area contributed by atoms with Gasteiger partial charge in [-0.1, -0.05) is 13.0 Å². The molecule has 2 aromatic heterocycles. The van der Waals surface area contributed by atoms with Crippen LogP contribution in [-0.4, -0.2) is 56.4 Å². The standard InChI is InChI=1S/C18H22N4O4/c1-3-21(10-16(23)24)13-6-12(7-13)20-17(25)14-8-19-15-5-4-11(2)9-22(15)18(14)26/h4-5,8-9,12-13H,3,6-7,10H2,1-2H3,(H,20,25)(H,23,24). The minimum Gasteiger partial charge on any atom is -0.480 e. The molecule has 26 heavy (non-hydrogen) atoms. The van der Waals surface area contributed by atoms with Gasteiger partial charge in [-0.25, -0.2) is 4.98 Å². The first kappa shape index (κ1) is 18.1. The molecule has 0 aromatic carbocycles. The lowest BCUT2D eigenvalue weighted by molar-refractivity contribution is -0.139. The topological polar surface area (TPSA) is 104 Å². The molecule has 0 unspecified atom stereocenters. The fourth-order valence-corrected chi connectivity index (χ4v) is 3.28. The summed E-state index contributed by atoms with van der Waals surface area (Å²) in [5.41, 5.74) is 1.01. The lowest BCUT2D eigenvalue weighted by Gasteiger charge is -2.42. The summed E-state index contributed by atoms with van der Waals surface area (Å²) in [6.07, 6.45) is 4.32. The van der Waals surface area contributed by atoms with Crippen molar-refractivity contribution in [1.29, 1.82) is 0 Å². The van der Waals surface area contributed by atoms with Gasteiger partial charge in [-0.2, -0.15) is 0 Å². The maximum absolute atomic E-state index is 12.5. The summed E-state index contributed by atoms with van der Waals surface area (Å²) in [5, 5.41) is 11.8. The Labute approximate surface area is 150 Å². The van der Waals surface area contributed by atoms with E-state index in [4.69, 9.17) is 5.11 Å². The van der Waals surface area contributed by atoms with Gasteiger partial charge in [0.25, 0.3) is 11.5 Å². The van der Waals surface area contributed by atoms with Crippen molar-refractivity contribution in [3.8, 4) is 0 Å². The number of likely N-dealkylation sites (N-methyl/N-ethyl adjacent to an activating group) is 1. The lowest BCUT2D eigenvalue weighted by atomic mass is 9.85. The van der Waals surface area contributed by atoms with E-state index >= 15 is 0 Å². The Morgan fingerprint density at radius 3 is 2.77 bits per heavy atom. The van der Waals surface area contributed by atoms with Gasteiger partial charge in [-0.05, 0) is 37.9 Å². The number of carboxylic acid groups (broad SMARTS) is 1. The summed E-state index contributed by atoms with van der Waals surface area (Å²) in [4.78, 5) is 41.9. The Bertz CT molecular complexity index is 902. The van der Waals surface area contributed by atoms with Gasteiger partial charge in [-0.15, -0.1) is 0 Å². The van der Waals surface area contributed by atoms with Crippen LogP contribution in [-0.2, 0) is 4.79 Å². The van der Waals surface area contributed by atoms with Crippen molar-refractivity contribution >= 4 is 17.5 Å². The SMILES string of the molecule is CCN(CC(=O)O)C1CC(NC(=O)c2cnc3ccc(C)cn3c2=O)C1. The molecule has 2 aromatic rings. The molecule has 0 saturated heterocycles. The van der Waals surface area contributed by atoms with Crippen molar-refractivity contribution in [2.24, 2.45) is 0 Å². The fourth-order valence-electron chi connectivity index (χ4n) is 3.28. The number of amides is 1. The van der Waals surface area contributed by atoms with Crippen LogP contribution in [0.4, 0.5) is 0 Å². The van der Waals surface area contributed by atoms with Gasteiger partial charge in [0.2, 0.25) is 0 Å². The molecule has 1 fully saturated rings. The molecule has 2 heterocycles. The average Bonchev–Trinajstić information content (AvgIpc) is 2.56. The second kappa shape index (κ2) is 7.25. The number of rotatable bonds is 6. The maximum Gasteiger partial charge on any atom is 0.317 e. The first-order valence-corrected chi connectivity index (χ1v) is 8.63. The van der Waals surface area contributed by atoms with Crippen LogP contribution >= 0.6 is 0 Å². The average molecular weight is 358 g/mol. The highest BCUT2D eigenvalue weighted by atomic mass is 16.4. The van der Waals surface area contributed by atoms with Crippen LogP contribution in [0.1, 0.15) is 35.7 Å². The molecule has 2 N–H and O–H groups in total. The Hall–Kier alpha value is -2.74. The molecule has 0 bridgehead atoms. The van der Waals surface area contributed by atoms with E-state index in [0.29, 0.717) is 25.0 Å². The summed E-state index contributed by atoms with van der Waals surface area (Å²) in [5.74, 6) is -1.30. The minimum absolute atomic E-state index is 0.00285. The zero-order valence-electron chi connectivity index (χ0n) is 14.8. The van der Waals surface area contributed by atoms with Crippen molar-refractivity contribution in [2.45, 2.75) is 38.8 Å². The molecular weight excluding hydrogens is 336 g/mol. The number of carbonyl (C=O) groups excluding carboxylic acids is 1. The van der Waals surface area contributed by atoms with E-state index in [0.717, 1.165) is 5.56 Å². The predicted molar refractivity (Wildman–Crippen MR) is 95.4 cm³/mol. The highest BCUT2D eigenvalue weighted by Crippen LogP contribution is 2.25. The monoisotopic (exact) mass is 358 g/mol. The van der Waals surface area contributed by atoms with Gasteiger partial charge in [0.05, 0.1) is 6.54 Å². The van der Waals surface area contributed by atoms with E-state index in [1.54, 1.807) is 12.3 Å². The molecule has 0 aliphatic heterocycles. The highest BCUT2D eigenvalue weighted by Gasteiger charge is 2.35. The van der Waals surface area contributed by atoms with E-state index in [1.165, 1.54) is 10.6 Å². The number of hydrogen-bond acceptors (Lipinski definition) is 5. The number of aryl methyl sites for hydroxylation is 1. The van der Waals surface area contributed by atoms with Gasteiger partial charge >= 0.3 is 5.97 Å². The van der Waals surface area contributed by atoms with Crippen LogP contribution in [0.2, 0.25) is 0 Å². The fraction of sp³-hybridized carbons (Fsp3) is 0.444. The van der Waals surface area contributed by atoms with Crippen LogP contribution < -0.4 is 10.9 Å². The van der Waals surface area contributed by atoms with E-state index in [1.807, 2.05) is 24.8 Å². The third kappa shape index (κ3) is 3.60. The van der Waals surface area contributed by atoms with Crippen LogP contribution in [0, 0.1) is 6.92 Å². The number of fused-ring (bicyclic) bond motifs is 1. The molecule has 1 aliphatic rings. The third-order valence-electron chi connectivity index (χ3n) is 4.80. The molecule has 8 nitrogen and oxygen atoms in total. The van der Waals surface area contributed by atoms with E-state index in [2.05, 4.69) is 10.3 Å². The second-order valence-electron chi connectivity index (χ2n) is 6.66. The van der Waals surface area contributed by atoms with Gasteiger partial charge in [-0.3, -0.25) is 23.7 Å². The summed E-state index contributed by atoms with van der Waals surface area (Å²) in [6.45, 7) is 4.42. The molecule has 3 rings (SSSR count). The maximum atomic E-state index is 12.5. The summed E-state index contributed by atoms with van der Waals surface area (Å²) in [7, 11) is 0. The van der Waals surface area contributed by atoms with Gasteiger partial charge in [0.15, 0.2) is 0 Å². The van der Waals surface area contributed by atoms with E-state index in [9.17, 15) is 14.4 Å². The zero-order chi connectivity index (χ0) is 18.8. The number of hydrogen-bond donors (Lipinski definition) is 2. The number of carboxylic acids is 1. The first-order valence-electron chi connectivity index (χ1n) is 8.63. The zero-order valence-corrected chi connectivity index (χ0v) is 14.8. The van der Waals surface area contributed by atoms with Gasteiger partial charge < -0.3 is 10.4 Å². The Morgan fingerprint density at radius 2 is 2.12 bits per heavy atom. The number of carbonyl (C=O) groups is 2. The summed E-state index contributed by atoms with van der Waals surface area (Å²) in [6, 6.07) is 3.66. The minimum atomic E-state index is -0.857. The summed E-state index contributed by atoms with van der Waals surface area (Å²) >= 11 is 0. The number of nitrogens with zero attached hydrogens (tertiary/aromatic N) is 3. The van der Waals surface area contributed by atoms with Crippen LogP contribution in [0.25, 0.3) is 5.65 Å². The van der Waals surface area contributed by atoms with Crippen molar-refractivity contribution in [2.75, 3.05) is 13.1 Å². The molecule has 138 valence electrons.